The lowest BCUT2D eigenvalue weighted by atomic mass is 10.1. The molecule has 3 aromatic rings. The summed E-state index contributed by atoms with van der Waals surface area (Å²) in [5.41, 5.74) is 2.90. The highest BCUT2D eigenvalue weighted by atomic mass is 32.1. The molecule has 0 aliphatic carbocycles. The second-order valence-electron chi connectivity index (χ2n) is 7.40. The van der Waals surface area contributed by atoms with E-state index in [1.807, 2.05) is 31.2 Å². The van der Waals surface area contributed by atoms with E-state index in [1.165, 1.54) is 11.3 Å². The van der Waals surface area contributed by atoms with E-state index in [4.69, 9.17) is 4.74 Å². The Bertz CT molecular complexity index is 1170. The highest BCUT2D eigenvalue weighted by molar-refractivity contribution is 7.21. The summed E-state index contributed by atoms with van der Waals surface area (Å²) in [6.45, 7) is 3.58. The number of amides is 3. The normalized spacial score (nSPS) is 17.9. The van der Waals surface area contributed by atoms with Crippen molar-refractivity contribution in [3.8, 4) is 5.75 Å². The summed E-state index contributed by atoms with van der Waals surface area (Å²) in [5.74, 6) is 0.548. The monoisotopic (exact) mass is 423 g/mol. The van der Waals surface area contributed by atoms with E-state index in [-0.39, 0.29) is 18.0 Å². The van der Waals surface area contributed by atoms with Gasteiger partial charge in [-0.2, -0.15) is 0 Å². The van der Waals surface area contributed by atoms with Crippen molar-refractivity contribution in [1.82, 2.24) is 15.6 Å². The zero-order valence-corrected chi connectivity index (χ0v) is 17.4. The molecule has 2 aliphatic rings. The fraction of sp³-hybridized carbons (Fsp3) is 0.286. The number of carbonyl (C=O) groups excluding carboxylic acids is 2. The van der Waals surface area contributed by atoms with Gasteiger partial charge in [0.15, 0.2) is 0 Å². The molecular weight excluding hydrogens is 402 g/mol. The standard InChI is InChI=1S/C21H21N5O3S/c1-11-9-13(29-2)3-4-14(11)26-15-6-8-23-20-16(15)17(25-21(26)28)18(30-20)19(27)24-12-5-7-22-10-12/h3-4,6,8-9,12,22H,5,7,10H2,1-2H3,(H,24,27)(H,25,28). The Morgan fingerprint density at radius 1 is 1.33 bits per heavy atom. The Labute approximate surface area is 177 Å². The summed E-state index contributed by atoms with van der Waals surface area (Å²) < 4.78 is 5.29. The average molecular weight is 423 g/mol. The summed E-state index contributed by atoms with van der Waals surface area (Å²) in [7, 11) is 1.61. The summed E-state index contributed by atoms with van der Waals surface area (Å²) in [6.07, 6.45) is 2.57. The molecule has 2 aromatic heterocycles. The van der Waals surface area contributed by atoms with Crippen molar-refractivity contribution >= 4 is 50.6 Å². The van der Waals surface area contributed by atoms with Gasteiger partial charge in [0.25, 0.3) is 5.91 Å². The predicted octanol–water partition coefficient (Wildman–Crippen LogP) is 3.39. The number of hydrogen-bond donors (Lipinski definition) is 3. The van der Waals surface area contributed by atoms with E-state index >= 15 is 0 Å². The Balaban J connectivity index is 1.60. The van der Waals surface area contributed by atoms with E-state index in [2.05, 4.69) is 20.9 Å². The maximum atomic E-state index is 13.1. The molecule has 0 spiro atoms. The first-order chi connectivity index (χ1) is 14.6. The number of rotatable bonds is 4. The minimum atomic E-state index is -0.307. The van der Waals surface area contributed by atoms with Gasteiger partial charge in [-0.15, -0.1) is 11.3 Å². The van der Waals surface area contributed by atoms with Crippen LogP contribution in [0, 0.1) is 6.92 Å². The van der Waals surface area contributed by atoms with E-state index in [9.17, 15) is 9.59 Å². The smallest absolute Gasteiger partial charge is 0.331 e. The first-order valence-corrected chi connectivity index (χ1v) is 10.6. The summed E-state index contributed by atoms with van der Waals surface area (Å²) >= 11 is 1.30. The quantitative estimate of drug-likeness (QED) is 0.598. The fourth-order valence-corrected chi connectivity index (χ4v) is 5.04. The Hall–Kier alpha value is -3.17. The molecule has 3 N–H and O–H groups in total. The van der Waals surface area contributed by atoms with E-state index in [0.29, 0.717) is 21.1 Å². The number of pyridine rings is 1. The molecule has 8 nitrogen and oxygen atoms in total. The lowest BCUT2D eigenvalue weighted by Crippen LogP contribution is -2.37. The molecule has 1 saturated heterocycles. The van der Waals surface area contributed by atoms with Crippen molar-refractivity contribution in [2.45, 2.75) is 19.4 Å². The van der Waals surface area contributed by atoms with Crippen LogP contribution in [0.4, 0.5) is 21.9 Å². The molecule has 9 heteroatoms. The maximum Gasteiger partial charge on any atom is 0.331 e. The van der Waals surface area contributed by atoms with Gasteiger partial charge in [0.1, 0.15) is 15.5 Å². The van der Waals surface area contributed by atoms with Crippen LogP contribution in [0.15, 0.2) is 30.5 Å². The number of methoxy groups -OCH3 is 1. The molecular formula is C21H21N5O3S. The largest absolute Gasteiger partial charge is 0.497 e. The molecule has 0 bridgehead atoms. The van der Waals surface area contributed by atoms with Crippen molar-refractivity contribution < 1.29 is 14.3 Å². The van der Waals surface area contributed by atoms with Gasteiger partial charge in [0, 0.05) is 18.8 Å². The van der Waals surface area contributed by atoms with Gasteiger partial charge in [0.05, 0.1) is 29.6 Å². The van der Waals surface area contributed by atoms with E-state index in [1.54, 1.807) is 18.2 Å². The molecule has 1 unspecified atom stereocenters. The van der Waals surface area contributed by atoms with Gasteiger partial charge in [-0.3, -0.25) is 9.69 Å². The first kappa shape index (κ1) is 18.8. The number of benzene rings is 1. The number of thiophene rings is 1. The Morgan fingerprint density at radius 3 is 2.93 bits per heavy atom. The number of urea groups is 1. The van der Waals surface area contributed by atoms with E-state index < -0.39 is 0 Å². The third kappa shape index (κ3) is 2.98. The van der Waals surface area contributed by atoms with Crippen molar-refractivity contribution in [3.63, 3.8) is 0 Å². The number of aromatic nitrogens is 1. The number of aryl methyl sites for hydroxylation is 1. The predicted molar refractivity (Wildman–Crippen MR) is 117 cm³/mol. The molecule has 5 rings (SSSR count). The summed E-state index contributed by atoms with van der Waals surface area (Å²) in [5, 5.41) is 10.0. The van der Waals surface area contributed by atoms with Crippen LogP contribution in [0.2, 0.25) is 0 Å². The zero-order valence-electron chi connectivity index (χ0n) is 16.6. The van der Waals surface area contributed by atoms with Crippen LogP contribution in [0.3, 0.4) is 0 Å². The van der Waals surface area contributed by atoms with Gasteiger partial charge in [-0.25, -0.2) is 9.78 Å². The molecule has 154 valence electrons. The van der Waals surface area contributed by atoms with Gasteiger partial charge >= 0.3 is 6.03 Å². The van der Waals surface area contributed by atoms with Crippen LogP contribution in [-0.2, 0) is 0 Å². The Morgan fingerprint density at radius 2 is 2.20 bits per heavy atom. The molecule has 3 amide bonds. The number of carbonyl (C=O) groups is 2. The van der Waals surface area contributed by atoms with Crippen molar-refractivity contribution in [3.05, 3.63) is 40.9 Å². The first-order valence-electron chi connectivity index (χ1n) is 9.75. The van der Waals surface area contributed by atoms with Gasteiger partial charge in [-0.1, -0.05) is 0 Å². The molecule has 1 aromatic carbocycles. The number of hydrogen-bond acceptors (Lipinski definition) is 6. The van der Waals surface area contributed by atoms with Gasteiger partial charge in [-0.05, 0) is 49.7 Å². The lowest BCUT2D eigenvalue weighted by Gasteiger charge is -2.29. The van der Waals surface area contributed by atoms with Crippen LogP contribution >= 0.6 is 11.3 Å². The average Bonchev–Trinajstić information content (AvgIpc) is 3.37. The summed E-state index contributed by atoms with van der Waals surface area (Å²) in [4.78, 5) is 33.4. The SMILES string of the molecule is COc1ccc(N2C(=O)Nc3c(C(=O)NC4CCNC4)sc4nccc2c34)c(C)c1. The number of ether oxygens (including phenoxy) is 1. The van der Waals surface area contributed by atoms with Gasteiger partial charge in [0.2, 0.25) is 0 Å². The Kier molecular flexibility index (Phi) is 4.56. The number of nitrogens with one attached hydrogen (secondary N) is 3. The third-order valence-corrected chi connectivity index (χ3v) is 6.59. The van der Waals surface area contributed by atoms with Crippen LogP contribution in [0.25, 0.3) is 10.2 Å². The topological polar surface area (TPSA) is 95.6 Å². The van der Waals surface area contributed by atoms with Crippen LogP contribution in [-0.4, -0.2) is 43.2 Å². The minimum Gasteiger partial charge on any atom is -0.497 e. The molecule has 30 heavy (non-hydrogen) atoms. The van der Waals surface area contributed by atoms with Crippen molar-refractivity contribution in [2.24, 2.45) is 0 Å². The molecule has 1 atom stereocenters. The van der Waals surface area contributed by atoms with E-state index in [0.717, 1.165) is 41.9 Å². The second kappa shape index (κ2) is 7.26. The van der Waals surface area contributed by atoms with Crippen molar-refractivity contribution in [1.29, 1.82) is 0 Å². The second-order valence-corrected chi connectivity index (χ2v) is 8.40. The van der Waals surface area contributed by atoms with Crippen LogP contribution < -0.4 is 25.6 Å². The highest BCUT2D eigenvalue weighted by Crippen LogP contribution is 2.46. The van der Waals surface area contributed by atoms with Gasteiger partial charge < -0.3 is 20.7 Å². The van der Waals surface area contributed by atoms with Crippen LogP contribution in [0.5, 0.6) is 5.75 Å². The van der Waals surface area contributed by atoms with Crippen LogP contribution in [0.1, 0.15) is 21.7 Å². The number of nitrogens with zero attached hydrogens (tertiary/aromatic N) is 2. The zero-order chi connectivity index (χ0) is 20.8. The molecule has 4 heterocycles. The maximum absolute atomic E-state index is 13.1. The van der Waals surface area contributed by atoms with Crippen molar-refractivity contribution in [2.75, 3.05) is 30.4 Å². The molecule has 2 aliphatic heterocycles. The molecule has 0 saturated carbocycles. The minimum absolute atomic E-state index is 0.0973. The number of anilines is 3. The fourth-order valence-electron chi connectivity index (χ4n) is 4.02. The lowest BCUT2D eigenvalue weighted by molar-refractivity contribution is 0.0945. The molecule has 1 fully saturated rings. The summed E-state index contributed by atoms with van der Waals surface area (Å²) in [6, 6.07) is 7.17. The highest BCUT2D eigenvalue weighted by Gasteiger charge is 2.33. The molecule has 0 radical (unpaired) electrons. The third-order valence-electron chi connectivity index (χ3n) is 5.49.